The van der Waals surface area contributed by atoms with Crippen molar-refractivity contribution in [2.75, 3.05) is 6.54 Å². The summed E-state index contributed by atoms with van der Waals surface area (Å²) >= 11 is 0. The third kappa shape index (κ3) is 3.52. The van der Waals surface area contributed by atoms with E-state index in [0.717, 1.165) is 18.2 Å². The molecule has 0 unspecified atom stereocenters. The monoisotopic (exact) mass is 229 g/mol. The van der Waals surface area contributed by atoms with Gasteiger partial charge in [0.1, 0.15) is 12.3 Å². The first kappa shape index (κ1) is 11.9. The Balaban J connectivity index is 2.63. The normalized spacial score (nSPS) is 9.62. The minimum atomic E-state index is -1.10. The number of halogens is 2. The molecule has 0 atom stereocenters. The zero-order valence-corrected chi connectivity index (χ0v) is 8.11. The van der Waals surface area contributed by atoms with Crippen molar-refractivity contribution in [2.24, 2.45) is 16.5 Å². The zero-order valence-electron chi connectivity index (χ0n) is 8.11. The summed E-state index contributed by atoms with van der Waals surface area (Å²) in [5.41, 5.74) is 9.98. The van der Waals surface area contributed by atoms with Gasteiger partial charge in [0.15, 0.2) is 17.6 Å². The molecule has 1 aromatic carbocycles. The maximum absolute atomic E-state index is 12.7. The smallest absolute Gasteiger partial charge is 0.333 e. The van der Waals surface area contributed by atoms with Crippen LogP contribution in [0.25, 0.3) is 0 Å². The third-order valence-electron chi connectivity index (χ3n) is 1.51. The minimum absolute atomic E-state index is 0.116. The zero-order chi connectivity index (χ0) is 12.1. The summed E-state index contributed by atoms with van der Waals surface area (Å²) < 4.78 is 29.9. The molecule has 0 amide bonds. The maximum Gasteiger partial charge on any atom is 0.333 e. The fraction of sp³-hybridized carbons (Fsp3) is 0.111. The molecule has 0 aliphatic heterocycles. The van der Waals surface area contributed by atoms with Crippen molar-refractivity contribution in [1.82, 2.24) is 0 Å². The Bertz CT molecular complexity index is 431. The van der Waals surface area contributed by atoms with Crippen LogP contribution in [0.15, 0.2) is 23.2 Å². The van der Waals surface area contributed by atoms with Crippen LogP contribution < -0.4 is 16.2 Å². The number of hydrogen-bond acceptors (Lipinski definition) is 3. The Morgan fingerprint density at radius 3 is 2.56 bits per heavy atom. The Hall–Kier alpha value is -2.18. The van der Waals surface area contributed by atoms with Gasteiger partial charge in [-0.05, 0) is 12.1 Å². The lowest BCUT2D eigenvalue weighted by Crippen LogP contribution is -2.25. The molecular formula is C9H9F2N3O2. The highest BCUT2D eigenvalue weighted by Gasteiger charge is 2.07. The molecule has 0 aromatic heterocycles. The van der Waals surface area contributed by atoms with Gasteiger partial charge in [0.2, 0.25) is 0 Å². The number of aliphatic imine (C=N–C) groups is 1. The van der Waals surface area contributed by atoms with Crippen LogP contribution in [-0.2, 0) is 4.79 Å². The van der Waals surface area contributed by atoms with Gasteiger partial charge in [-0.15, -0.1) is 0 Å². The standard InChI is InChI=1S/C9H9F2N3O2/c10-6-2-1-5(3-7(6)11)16-8(15)4-14-9(12)13/h1-3H,4H2,(H4,12,13,14). The van der Waals surface area contributed by atoms with Crippen molar-refractivity contribution in [3.05, 3.63) is 29.8 Å². The van der Waals surface area contributed by atoms with E-state index in [9.17, 15) is 13.6 Å². The van der Waals surface area contributed by atoms with E-state index in [0.29, 0.717) is 0 Å². The van der Waals surface area contributed by atoms with Crippen LogP contribution in [0.2, 0.25) is 0 Å². The molecule has 1 aromatic rings. The van der Waals surface area contributed by atoms with Crippen LogP contribution >= 0.6 is 0 Å². The summed E-state index contributed by atoms with van der Waals surface area (Å²) in [6.07, 6.45) is 0. The van der Waals surface area contributed by atoms with Crippen LogP contribution in [0, 0.1) is 11.6 Å². The van der Waals surface area contributed by atoms with Crippen LogP contribution in [0.5, 0.6) is 5.75 Å². The molecule has 0 fully saturated rings. The molecule has 0 heterocycles. The maximum atomic E-state index is 12.7. The molecular weight excluding hydrogens is 220 g/mol. The molecule has 16 heavy (non-hydrogen) atoms. The first-order valence-corrected chi connectivity index (χ1v) is 4.20. The van der Waals surface area contributed by atoms with Crippen molar-refractivity contribution < 1.29 is 18.3 Å². The van der Waals surface area contributed by atoms with Gasteiger partial charge in [-0.1, -0.05) is 0 Å². The van der Waals surface area contributed by atoms with Gasteiger partial charge in [0.05, 0.1) is 0 Å². The summed E-state index contributed by atoms with van der Waals surface area (Å²) in [6.45, 7) is -0.388. The van der Waals surface area contributed by atoms with Gasteiger partial charge in [0.25, 0.3) is 0 Å². The van der Waals surface area contributed by atoms with Crippen LogP contribution in [0.1, 0.15) is 0 Å². The van der Waals surface area contributed by atoms with E-state index in [4.69, 9.17) is 11.5 Å². The number of nitrogens with zero attached hydrogens (tertiary/aromatic N) is 1. The third-order valence-corrected chi connectivity index (χ3v) is 1.51. The van der Waals surface area contributed by atoms with Gasteiger partial charge in [-0.2, -0.15) is 0 Å². The summed E-state index contributed by atoms with van der Waals surface area (Å²) in [5, 5.41) is 0. The van der Waals surface area contributed by atoms with Gasteiger partial charge in [-0.25, -0.2) is 18.6 Å². The quantitative estimate of drug-likeness (QED) is 0.334. The fourth-order valence-corrected chi connectivity index (χ4v) is 0.860. The molecule has 0 aliphatic rings. The van der Waals surface area contributed by atoms with Crippen molar-refractivity contribution in [2.45, 2.75) is 0 Å². The number of carbonyl (C=O) groups excluding carboxylic acids is 1. The van der Waals surface area contributed by atoms with Gasteiger partial charge in [0, 0.05) is 6.07 Å². The number of guanidine groups is 1. The second-order valence-electron chi connectivity index (χ2n) is 2.79. The number of hydrogen-bond donors (Lipinski definition) is 2. The van der Waals surface area contributed by atoms with E-state index >= 15 is 0 Å². The Labute approximate surface area is 89.7 Å². The van der Waals surface area contributed by atoms with E-state index < -0.39 is 17.6 Å². The Kier molecular flexibility index (Phi) is 3.76. The van der Waals surface area contributed by atoms with Gasteiger partial charge >= 0.3 is 5.97 Å². The van der Waals surface area contributed by atoms with E-state index in [1.807, 2.05) is 0 Å². The number of ether oxygens (including phenoxy) is 1. The first-order chi connectivity index (χ1) is 7.49. The average molecular weight is 229 g/mol. The Morgan fingerprint density at radius 2 is 2.00 bits per heavy atom. The number of rotatable bonds is 3. The molecule has 0 radical (unpaired) electrons. The van der Waals surface area contributed by atoms with Crippen molar-refractivity contribution in [1.29, 1.82) is 0 Å². The van der Waals surface area contributed by atoms with E-state index in [1.54, 1.807) is 0 Å². The lowest BCUT2D eigenvalue weighted by Gasteiger charge is -2.02. The average Bonchev–Trinajstić information content (AvgIpc) is 2.21. The lowest BCUT2D eigenvalue weighted by atomic mass is 10.3. The van der Waals surface area contributed by atoms with E-state index in [-0.39, 0.29) is 18.3 Å². The van der Waals surface area contributed by atoms with Crippen molar-refractivity contribution in [3.8, 4) is 5.75 Å². The van der Waals surface area contributed by atoms with E-state index in [1.165, 1.54) is 0 Å². The first-order valence-electron chi connectivity index (χ1n) is 4.20. The van der Waals surface area contributed by atoms with Crippen molar-refractivity contribution in [3.63, 3.8) is 0 Å². The predicted molar refractivity (Wildman–Crippen MR) is 52.7 cm³/mol. The Morgan fingerprint density at radius 1 is 1.31 bits per heavy atom. The molecule has 0 bridgehead atoms. The molecule has 0 aliphatic carbocycles. The SMILES string of the molecule is NC(N)=NCC(=O)Oc1ccc(F)c(F)c1. The molecule has 4 N–H and O–H groups in total. The lowest BCUT2D eigenvalue weighted by molar-refractivity contribution is -0.132. The van der Waals surface area contributed by atoms with Gasteiger partial charge < -0.3 is 16.2 Å². The second-order valence-corrected chi connectivity index (χ2v) is 2.79. The number of benzene rings is 1. The highest BCUT2D eigenvalue weighted by Crippen LogP contribution is 2.15. The molecule has 1 rings (SSSR count). The minimum Gasteiger partial charge on any atom is -0.425 e. The molecule has 0 saturated heterocycles. The van der Waals surface area contributed by atoms with Crippen LogP contribution in [-0.4, -0.2) is 18.5 Å². The van der Waals surface area contributed by atoms with Crippen LogP contribution in [0.3, 0.4) is 0 Å². The van der Waals surface area contributed by atoms with Crippen molar-refractivity contribution >= 4 is 11.9 Å². The number of nitrogens with two attached hydrogens (primary N) is 2. The largest absolute Gasteiger partial charge is 0.425 e. The van der Waals surface area contributed by atoms with E-state index in [2.05, 4.69) is 9.73 Å². The molecule has 5 nitrogen and oxygen atoms in total. The number of carbonyl (C=O) groups is 1. The summed E-state index contributed by atoms with van der Waals surface area (Å²) in [7, 11) is 0. The molecule has 7 heteroatoms. The number of esters is 1. The summed E-state index contributed by atoms with van der Waals surface area (Å²) in [6, 6.07) is 2.72. The molecule has 86 valence electrons. The fourth-order valence-electron chi connectivity index (χ4n) is 0.860. The topological polar surface area (TPSA) is 90.7 Å². The molecule has 0 spiro atoms. The highest BCUT2D eigenvalue weighted by molar-refractivity contribution is 5.81. The highest BCUT2D eigenvalue weighted by atomic mass is 19.2. The predicted octanol–water partition coefficient (Wildman–Crippen LogP) is 0.144. The van der Waals surface area contributed by atoms with Crippen LogP contribution in [0.4, 0.5) is 8.78 Å². The molecule has 0 saturated carbocycles. The van der Waals surface area contributed by atoms with Gasteiger partial charge in [-0.3, -0.25) is 0 Å². The second kappa shape index (κ2) is 5.06. The summed E-state index contributed by atoms with van der Waals surface area (Å²) in [5.74, 6) is -3.28. The summed E-state index contributed by atoms with van der Waals surface area (Å²) in [4.78, 5) is 14.4.